The smallest absolute Gasteiger partial charge is 0.209 e. The number of hydrogen-bond donors (Lipinski definition) is 1. The third-order valence-electron chi connectivity index (χ3n) is 3.14. The Morgan fingerprint density at radius 3 is 2.67 bits per heavy atom. The standard InChI is InChI=1S/C16H10ClF2N3OS/c17-10-3-1-9(2-4-10)15-20-16(22-21-15)24-8-14(23)12-7-11(18)5-6-13(12)19/h1-7H,8H2,(H,20,21,22). The van der Waals surface area contributed by atoms with E-state index in [1.165, 1.54) is 0 Å². The Kier molecular flexibility index (Phi) is 4.92. The van der Waals surface area contributed by atoms with Crippen LogP contribution in [-0.2, 0) is 0 Å². The second-order valence-electron chi connectivity index (χ2n) is 4.81. The summed E-state index contributed by atoms with van der Waals surface area (Å²) in [6.07, 6.45) is 0. The van der Waals surface area contributed by atoms with Crippen LogP contribution in [0.4, 0.5) is 8.78 Å². The molecule has 1 heterocycles. The Morgan fingerprint density at radius 1 is 1.17 bits per heavy atom. The number of benzene rings is 2. The van der Waals surface area contributed by atoms with Crippen molar-refractivity contribution in [3.05, 3.63) is 64.7 Å². The monoisotopic (exact) mass is 365 g/mol. The highest BCUT2D eigenvalue weighted by Crippen LogP contribution is 2.22. The molecule has 0 aliphatic heterocycles. The number of carbonyl (C=O) groups excluding carboxylic acids is 1. The summed E-state index contributed by atoms with van der Waals surface area (Å²) in [6, 6.07) is 9.79. The Hall–Kier alpha value is -2.25. The van der Waals surface area contributed by atoms with Crippen molar-refractivity contribution in [3.8, 4) is 11.4 Å². The van der Waals surface area contributed by atoms with E-state index in [0.717, 1.165) is 35.5 Å². The molecule has 0 saturated heterocycles. The first-order valence-electron chi connectivity index (χ1n) is 6.82. The van der Waals surface area contributed by atoms with Gasteiger partial charge in [0.1, 0.15) is 11.6 Å². The highest BCUT2D eigenvalue weighted by atomic mass is 35.5. The second-order valence-corrected chi connectivity index (χ2v) is 6.19. The molecule has 2 aromatic carbocycles. The molecule has 1 aromatic heterocycles. The van der Waals surface area contributed by atoms with Gasteiger partial charge in [-0.3, -0.25) is 9.89 Å². The Bertz CT molecular complexity index is 883. The van der Waals surface area contributed by atoms with E-state index >= 15 is 0 Å². The number of thioether (sulfide) groups is 1. The van der Waals surface area contributed by atoms with E-state index in [4.69, 9.17) is 11.6 Å². The maximum Gasteiger partial charge on any atom is 0.209 e. The number of nitrogens with zero attached hydrogens (tertiary/aromatic N) is 2. The van der Waals surface area contributed by atoms with E-state index in [2.05, 4.69) is 15.2 Å². The van der Waals surface area contributed by atoms with Gasteiger partial charge in [-0.15, -0.1) is 5.10 Å². The topological polar surface area (TPSA) is 58.6 Å². The average Bonchev–Trinajstić information content (AvgIpc) is 3.04. The highest BCUT2D eigenvalue weighted by Gasteiger charge is 2.15. The molecule has 0 unspecified atom stereocenters. The van der Waals surface area contributed by atoms with Crippen molar-refractivity contribution in [2.75, 3.05) is 5.75 Å². The van der Waals surface area contributed by atoms with Crippen LogP contribution in [0.2, 0.25) is 5.02 Å². The van der Waals surface area contributed by atoms with E-state index < -0.39 is 17.4 Å². The number of halogens is 3. The van der Waals surface area contributed by atoms with Gasteiger partial charge in [-0.05, 0) is 42.5 Å². The first-order valence-corrected chi connectivity index (χ1v) is 8.18. The number of Topliss-reactive ketones (excluding diaryl/α,β-unsaturated/α-hetero) is 1. The lowest BCUT2D eigenvalue weighted by molar-refractivity contribution is 0.101. The van der Waals surface area contributed by atoms with Crippen LogP contribution < -0.4 is 0 Å². The van der Waals surface area contributed by atoms with Gasteiger partial charge in [0.2, 0.25) is 5.16 Å². The van der Waals surface area contributed by atoms with Crippen molar-refractivity contribution in [2.24, 2.45) is 0 Å². The van der Waals surface area contributed by atoms with Crippen molar-refractivity contribution in [3.63, 3.8) is 0 Å². The Morgan fingerprint density at radius 2 is 1.92 bits per heavy atom. The lowest BCUT2D eigenvalue weighted by atomic mass is 10.1. The van der Waals surface area contributed by atoms with Gasteiger partial charge < -0.3 is 0 Å². The zero-order valence-corrected chi connectivity index (χ0v) is 13.7. The Labute approximate surface area is 145 Å². The average molecular weight is 366 g/mol. The van der Waals surface area contributed by atoms with E-state index in [1.54, 1.807) is 24.3 Å². The van der Waals surface area contributed by atoms with Crippen LogP contribution in [0.1, 0.15) is 10.4 Å². The maximum absolute atomic E-state index is 13.6. The van der Waals surface area contributed by atoms with Crippen molar-refractivity contribution in [1.29, 1.82) is 0 Å². The summed E-state index contributed by atoms with van der Waals surface area (Å²) in [4.78, 5) is 16.2. The summed E-state index contributed by atoms with van der Waals surface area (Å²) in [6.45, 7) is 0. The molecule has 8 heteroatoms. The van der Waals surface area contributed by atoms with Crippen molar-refractivity contribution >= 4 is 29.1 Å². The number of H-pyrrole nitrogens is 1. The van der Waals surface area contributed by atoms with Gasteiger partial charge in [0.25, 0.3) is 0 Å². The summed E-state index contributed by atoms with van der Waals surface area (Å²) in [5.41, 5.74) is 0.511. The summed E-state index contributed by atoms with van der Waals surface area (Å²) in [5, 5.41) is 7.69. The van der Waals surface area contributed by atoms with Gasteiger partial charge in [0.15, 0.2) is 11.6 Å². The van der Waals surface area contributed by atoms with Crippen LogP contribution in [-0.4, -0.2) is 26.7 Å². The normalized spacial score (nSPS) is 10.8. The van der Waals surface area contributed by atoms with E-state index in [-0.39, 0.29) is 11.3 Å². The number of rotatable bonds is 5. The quantitative estimate of drug-likeness (QED) is 0.538. The first-order chi connectivity index (χ1) is 11.5. The molecule has 0 radical (unpaired) electrons. The minimum absolute atomic E-state index is 0.0989. The van der Waals surface area contributed by atoms with Crippen molar-refractivity contribution in [1.82, 2.24) is 15.2 Å². The molecule has 122 valence electrons. The lowest BCUT2D eigenvalue weighted by Gasteiger charge is -2.01. The zero-order valence-electron chi connectivity index (χ0n) is 12.1. The molecule has 24 heavy (non-hydrogen) atoms. The first kappa shape index (κ1) is 16.6. The van der Waals surface area contributed by atoms with Crippen molar-refractivity contribution in [2.45, 2.75) is 5.16 Å². The van der Waals surface area contributed by atoms with Gasteiger partial charge in [-0.1, -0.05) is 23.4 Å². The molecule has 4 nitrogen and oxygen atoms in total. The van der Waals surface area contributed by atoms with E-state index in [9.17, 15) is 13.6 Å². The molecular weight excluding hydrogens is 356 g/mol. The summed E-state index contributed by atoms with van der Waals surface area (Å²) < 4.78 is 26.7. The van der Waals surface area contributed by atoms with Crippen LogP contribution in [0.3, 0.4) is 0 Å². The maximum atomic E-state index is 13.6. The Balaban J connectivity index is 1.68. The predicted octanol–water partition coefficient (Wildman–Crippen LogP) is 4.38. The number of ketones is 1. The number of aromatic nitrogens is 3. The zero-order chi connectivity index (χ0) is 17.1. The van der Waals surface area contributed by atoms with Gasteiger partial charge in [-0.2, -0.15) is 0 Å². The minimum Gasteiger partial charge on any atom is -0.293 e. The highest BCUT2D eigenvalue weighted by molar-refractivity contribution is 7.99. The fourth-order valence-electron chi connectivity index (χ4n) is 1.97. The molecule has 3 rings (SSSR count). The summed E-state index contributed by atoms with van der Waals surface area (Å²) in [7, 11) is 0. The van der Waals surface area contributed by atoms with Crippen LogP contribution in [0, 0.1) is 11.6 Å². The minimum atomic E-state index is -0.751. The van der Waals surface area contributed by atoms with Gasteiger partial charge in [0.05, 0.1) is 11.3 Å². The lowest BCUT2D eigenvalue weighted by Crippen LogP contribution is -2.06. The summed E-state index contributed by atoms with van der Waals surface area (Å²) >= 11 is 6.86. The number of nitrogens with one attached hydrogen (secondary N) is 1. The molecular formula is C16H10ClF2N3OS. The predicted molar refractivity (Wildman–Crippen MR) is 88.2 cm³/mol. The molecule has 0 fully saturated rings. The van der Waals surface area contributed by atoms with Crippen LogP contribution in [0.15, 0.2) is 47.6 Å². The van der Waals surface area contributed by atoms with Crippen LogP contribution in [0.25, 0.3) is 11.4 Å². The number of carbonyl (C=O) groups is 1. The SMILES string of the molecule is O=C(CSc1n[nH]c(-c2ccc(Cl)cc2)n1)c1cc(F)ccc1F. The third-order valence-corrected chi connectivity index (χ3v) is 4.24. The molecule has 1 N–H and O–H groups in total. The second kappa shape index (κ2) is 7.11. The van der Waals surface area contributed by atoms with Gasteiger partial charge >= 0.3 is 0 Å². The molecule has 0 aliphatic rings. The van der Waals surface area contributed by atoms with Crippen molar-refractivity contribution < 1.29 is 13.6 Å². The van der Waals surface area contributed by atoms with Gasteiger partial charge in [0, 0.05) is 10.6 Å². The summed E-state index contributed by atoms with van der Waals surface area (Å²) in [5.74, 6) is -1.52. The van der Waals surface area contributed by atoms with E-state index in [1.807, 2.05) is 0 Å². The molecule has 0 spiro atoms. The molecule has 0 amide bonds. The molecule has 0 atom stereocenters. The molecule has 0 bridgehead atoms. The fourth-order valence-corrected chi connectivity index (χ4v) is 2.77. The van der Waals surface area contributed by atoms with Crippen LogP contribution >= 0.6 is 23.4 Å². The fraction of sp³-hybridized carbons (Fsp3) is 0.0625. The largest absolute Gasteiger partial charge is 0.293 e. The van der Waals surface area contributed by atoms with Crippen LogP contribution in [0.5, 0.6) is 0 Å². The van der Waals surface area contributed by atoms with Gasteiger partial charge in [-0.25, -0.2) is 13.8 Å². The third kappa shape index (κ3) is 3.80. The molecule has 0 aliphatic carbocycles. The molecule has 0 saturated carbocycles. The number of hydrogen-bond acceptors (Lipinski definition) is 4. The van der Waals surface area contributed by atoms with E-state index in [0.29, 0.717) is 16.0 Å². The molecule has 3 aromatic rings. The number of aromatic amines is 1.